The molecule has 0 saturated carbocycles. The molecule has 0 fully saturated rings. The predicted octanol–water partition coefficient (Wildman–Crippen LogP) is 5.37. The molecule has 2 aromatic carbocycles. The van der Waals surface area contributed by atoms with Gasteiger partial charge in [-0.25, -0.2) is 17.7 Å². The Bertz CT molecular complexity index is 1050. The van der Waals surface area contributed by atoms with E-state index in [0.717, 1.165) is 22.9 Å². The van der Waals surface area contributed by atoms with Crippen LogP contribution < -0.4 is 9.46 Å². The summed E-state index contributed by atoms with van der Waals surface area (Å²) in [6.07, 6.45) is 1.87. The second-order valence-corrected chi connectivity index (χ2v) is 10.2. The van der Waals surface area contributed by atoms with E-state index in [9.17, 15) is 13.0 Å². The summed E-state index contributed by atoms with van der Waals surface area (Å²) in [5.41, 5.74) is 2.84. The number of halogens is 2. The van der Waals surface area contributed by atoms with Gasteiger partial charge in [-0.15, -0.1) is 0 Å². The van der Waals surface area contributed by atoms with Crippen LogP contribution in [0.5, 0.6) is 5.75 Å². The van der Waals surface area contributed by atoms with Gasteiger partial charge in [0, 0.05) is 17.8 Å². The molecule has 0 radical (unpaired) electrons. The first-order valence-corrected chi connectivity index (χ1v) is 11.0. The van der Waals surface area contributed by atoms with Crippen LogP contribution in [0, 0.1) is 11.6 Å². The van der Waals surface area contributed by atoms with E-state index >= 15 is 0 Å². The van der Waals surface area contributed by atoms with E-state index in [0.29, 0.717) is 11.3 Å². The van der Waals surface area contributed by atoms with Crippen LogP contribution in [0.15, 0.2) is 60.8 Å². The Morgan fingerprint density at radius 2 is 1.71 bits per heavy atom. The topological polar surface area (TPSA) is 51.2 Å². The molecule has 2 atom stereocenters. The van der Waals surface area contributed by atoms with E-state index in [-0.39, 0.29) is 6.42 Å². The van der Waals surface area contributed by atoms with Crippen LogP contribution in [0.25, 0.3) is 11.1 Å². The third-order valence-electron chi connectivity index (χ3n) is 4.74. The maximum absolute atomic E-state index is 13.8. The largest absolute Gasteiger partial charge is 0.497 e. The van der Waals surface area contributed by atoms with Crippen molar-refractivity contribution in [1.29, 1.82) is 0 Å². The van der Waals surface area contributed by atoms with E-state index < -0.39 is 33.4 Å². The Hall–Kier alpha value is -2.64. The van der Waals surface area contributed by atoms with Crippen LogP contribution in [-0.4, -0.2) is 21.0 Å². The normalized spacial score (nSPS) is 13.6. The average molecular weight is 445 g/mol. The van der Waals surface area contributed by atoms with Crippen molar-refractivity contribution in [3.8, 4) is 16.9 Å². The number of hydrogen-bond donors (Lipinski definition) is 1. The van der Waals surface area contributed by atoms with Gasteiger partial charge >= 0.3 is 0 Å². The summed E-state index contributed by atoms with van der Waals surface area (Å²) in [5.74, 6) is -0.572. The SMILES string of the molecule is COc1ccc(-c2cccnc2[C@H](Cc2cc(F)cc(F)c2)N[S@@](=O)C(C)(C)C)cc1. The van der Waals surface area contributed by atoms with Crippen molar-refractivity contribution >= 4 is 11.0 Å². The molecule has 1 aromatic heterocycles. The fraction of sp³-hybridized carbons (Fsp3) is 0.292. The number of ether oxygens (including phenoxy) is 1. The van der Waals surface area contributed by atoms with Gasteiger partial charge in [0.05, 0.1) is 34.6 Å². The molecule has 0 unspecified atom stereocenters. The minimum Gasteiger partial charge on any atom is -0.497 e. The number of hydrogen-bond acceptors (Lipinski definition) is 3. The standard InChI is InChI=1S/C24H26F2N2O2S/c1-24(2,3)31(29)28-22(14-16-12-18(25)15-19(26)13-16)23-21(6-5-11-27-23)17-7-9-20(30-4)10-8-17/h5-13,15,22,28H,14H2,1-4H3/t22-,31-/m0/s1. The van der Waals surface area contributed by atoms with Crippen molar-refractivity contribution in [3.63, 3.8) is 0 Å². The van der Waals surface area contributed by atoms with E-state index in [2.05, 4.69) is 9.71 Å². The first-order chi connectivity index (χ1) is 14.7. The van der Waals surface area contributed by atoms with E-state index in [1.54, 1.807) is 13.3 Å². The predicted molar refractivity (Wildman–Crippen MR) is 120 cm³/mol. The second-order valence-electron chi connectivity index (χ2n) is 8.20. The monoisotopic (exact) mass is 444 g/mol. The highest BCUT2D eigenvalue weighted by Crippen LogP contribution is 2.31. The molecule has 0 spiro atoms. The average Bonchev–Trinajstić information content (AvgIpc) is 2.72. The van der Waals surface area contributed by atoms with Gasteiger partial charge < -0.3 is 4.74 Å². The van der Waals surface area contributed by atoms with E-state index in [1.165, 1.54) is 12.1 Å². The lowest BCUT2D eigenvalue weighted by Gasteiger charge is -2.25. The van der Waals surface area contributed by atoms with Gasteiger partial charge in [-0.1, -0.05) is 18.2 Å². The van der Waals surface area contributed by atoms with Crippen molar-refractivity contribution in [3.05, 3.63) is 83.7 Å². The molecule has 0 aliphatic rings. The van der Waals surface area contributed by atoms with Gasteiger partial charge in [-0.3, -0.25) is 4.98 Å². The molecule has 164 valence electrons. The van der Waals surface area contributed by atoms with Crippen molar-refractivity contribution < 1.29 is 17.7 Å². The lowest BCUT2D eigenvalue weighted by atomic mass is 9.96. The number of methoxy groups -OCH3 is 1. The quantitative estimate of drug-likeness (QED) is 0.533. The second kappa shape index (κ2) is 9.66. The minimum absolute atomic E-state index is 0.219. The fourth-order valence-corrected chi connectivity index (χ4v) is 3.98. The zero-order valence-corrected chi connectivity index (χ0v) is 18.8. The Morgan fingerprint density at radius 1 is 1.06 bits per heavy atom. The highest BCUT2D eigenvalue weighted by molar-refractivity contribution is 7.84. The Balaban J connectivity index is 2.05. The smallest absolute Gasteiger partial charge is 0.126 e. The molecular formula is C24H26F2N2O2S. The van der Waals surface area contributed by atoms with Crippen molar-refractivity contribution in [1.82, 2.24) is 9.71 Å². The first-order valence-electron chi connectivity index (χ1n) is 9.89. The minimum atomic E-state index is -1.42. The molecule has 7 heteroatoms. The fourth-order valence-electron chi connectivity index (χ4n) is 3.17. The third-order valence-corrected chi connectivity index (χ3v) is 6.35. The summed E-state index contributed by atoms with van der Waals surface area (Å²) in [4.78, 5) is 4.56. The maximum Gasteiger partial charge on any atom is 0.126 e. The Morgan fingerprint density at radius 3 is 2.29 bits per heavy atom. The third kappa shape index (κ3) is 5.95. The molecule has 1 N–H and O–H groups in total. The maximum atomic E-state index is 13.8. The molecule has 3 rings (SSSR count). The summed E-state index contributed by atoms with van der Waals surface area (Å²) in [5, 5.41) is 0. The summed E-state index contributed by atoms with van der Waals surface area (Å²) in [6, 6.07) is 14.2. The van der Waals surface area contributed by atoms with Crippen LogP contribution in [0.2, 0.25) is 0 Å². The van der Waals surface area contributed by atoms with Crippen LogP contribution >= 0.6 is 0 Å². The number of aromatic nitrogens is 1. The molecule has 1 heterocycles. The molecule has 0 aliphatic heterocycles. The van der Waals surface area contributed by atoms with E-state index in [1.807, 2.05) is 57.2 Å². The lowest BCUT2D eigenvalue weighted by molar-refractivity contribution is 0.415. The van der Waals surface area contributed by atoms with Gasteiger partial charge in [0.25, 0.3) is 0 Å². The van der Waals surface area contributed by atoms with Crippen molar-refractivity contribution in [2.45, 2.75) is 38.0 Å². The Labute approximate surface area is 184 Å². The van der Waals surface area contributed by atoms with Gasteiger partial charge in [-0.05, 0) is 68.7 Å². The summed E-state index contributed by atoms with van der Waals surface area (Å²) in [7, 11) is 0.182. The summed E-state index contributed by atoms with van der Waals surface area (Å²) in [6.45, 7) is 5.58. The zero-order valence-electron chi connectivity index (χ0n) is 18.0. The van der Waals surface area contributed by atoms with Gasteiger partial charge in [0.1, 0.15) is 17.4 Å². The number of nitrogens with one attached hydrogen (secondary N) is 1. The van der Waals surface area contributed by atoms with Crippen LogP contribution in [-0.2, 0) is 17.4 Å². The zero-order chi connectivity index (χ0) is 22.6. The van der Waals surface area contributed by atoms with Crippen molar-refractivity contribution in [2.75, 3.05) is 7.11 Å². The van der Waals surface area contributed by atoms with Gasteiger partial charge in [0.15, 0.2) is 0 Å². The molecule has 31 heavy (non-hydrogen) atoms. The van der Waals surface area contributed by atoms with E-state index in [4.69, 9.17) is 4.74 Å². The molecule has 0 bridgehead atoms. The lowest BCUT2D eigenvalue weighted by Crippen LogP contribution is -2.37. The number of pyridine rings is 1. The number of nitrogens with zero attached hydrogens (tertiary/aromatic N) is 1. The highest BCUT2D eigenvalue weighted by Gasteiger charge is 2.26. The Kier molecular flexibility index (Phi) is 7.18. The van der Waals surface area contributed by atoms with Crippen molar-refractivity contribution in [2.24, 2.45) is 0 Å². The first kappa shape index (κ1) is 23.0. The summed E-state index contributed by atoms with van der Waals surface area (Å²) >= 11 is 0. The molecule has 0 aliphatic carbocycles. The van der Waals surface area contributed by atoms with Crippen LogP contribution in [0.1, 0.15) is 38.1 Å². The molecular weight excluding hydrogens is 418 g/mol. The molecule has 0 amide bonds. The summed E-state index contributed by atoms with van der Waals surface area (Å²) < 4.78 is 48.4. The van der Waals surface area contributed by atoms with Crippen LogP contribution in [0.3, 0.4) is 0 Å². The highest BCUT2D eigenvalue weighted by atomic mass is 32.2. The molecule has 4 nitrogen and oxygen atoms in total. The molecule has 0 saturated heterocycles. The number of benzene rings is 2. The molecule has 3 aromatic rings. The van der Waals surface area contributed by atoms with Gasteiger partial charge in [-0.2, -0.15) is 0 Å². The van der Waals surface area contributed by atoms with Gasteiger partial charge in [0.2, 0.25) is 0 Å². The number of rotatable bonds is 7. The van der Waals surface area contributed by atoms with Crippen LogP contribution in [0.4, 0.5) is 8.78 Å².